The number of benzene rings is 2. The number of aromatic hydroxyl groups is 1. The molecule has 2 aromatic carbocycles. The third kappa shape index (κ3) is 3.09. The summed E-state index contributed by atoms with van der Waals surface area (Å²) in [6.45, 7) is 0. The van der Waals surface area contributed by atoms with Crippen molar-refractivity contribution in [3.63, 3.8) is 0 Å². The van der Waals surface area contributed by atoms with Crippen molar-refractivity contribution in [1.29, 1.82) is 0 Å². The van der Waals surface area contributed by atoms with Crippen molar-refractivity contribution in [2.45, 2.75) is 6.04 Å². The molecule has 0 aliphatic heterocycles. The number of thiazole rings is 1. The summed E-state index contributed by atoms with van der Waals surface area (Å²) < 4.78 is 1.61. The van der Waals surface area contributed by atoms with Crippen LogP contribution in [0.3, 0.4) is 0 Å². The number of phenols is 1. The van der Waals surface area contributed by atoms with Gasteiger partial charge in [-0.3, -0.25) is 14.8 Å². The minimum absolute atomic E-state index is 0.140. The van der Waals surface area contributed by atoms with E-state index in [1.165, 1.54) is 11.3 Å². The van der Waals surface area contributed by atoms with Gasteiger partial charge in [0.05, 0.1) is 5.52 Å². The lowest BCUT2D eigenvalue weighted by Crippen LogP contribution is -2.27. The molecule has 25 heavy (non-hydrogen) atoms. The third-order valence-corrected chi connectivity index (χ3v) is 4.49. The highest BCUT2D eigenvalue weighted by Crippen LogP contribution is 2.25. The smallest absolute Gasteiger partial charge is 0.255 e. The Hall–Kier alpha value is -3.19. The maximum Gasteiger partial charge on any atom is 0.255 e. The van der Waals surface area contributed by atoms with Gasteiger partial charge < -0.3 is 5.11 Å². The Balaban J connectivity index is 1.77. The van der Waals surface area contributed by atoms with E-state index < -0.39 is 6.04 Å². The van der Waals surface area contributed by atoms with Gasteiger partial charge in [0.1, 0.15) is 5.75 Å². The van der Waals surface area contributed by atoms with Gasteiger partial charge in [-0.25, -0.2) is 4.98 Å². The van der Waals surface area contributed by atoms with Crippen molar-refractivity contribution < 1.29 is 9.90 Å². The zero-order valence-electron chi connectivity index (χ0n) is 13.0. The van der Waals surface area contributed by atoms with Crippen LogP contribution in [-0.2, 0) is 4.79 Å². The quantitative estimate of drug-likeness (QED) is 0.591. The second-order valence-corrected chi connectivity index (χ2v) is 6.39. The second kappa shape index (κ2) is 6.37. The van der Waals surface area contributed by atoms with Crippen LogP contribution in [0.25, 0.3) is 10.9 Å². The number of rotatable bonds is 4. The van der Waals surface area contributed by atoms with E-state index in [0.717, 1.165) is 10.9 Å². The van der Waals surface area contributed by atoms with Crippen molar-refractivity contribution in [2.24, 2.45) is 0 Å². The van der Waals surface area contributed by atoms with Gasteiger partial charge in [0.25, 0.3) is 5.91 Å². The first-order chi connectivity index (χ1) is 12.2. The molecule has 0 bridgehead atoms. The number of aromatic nitrogens is 3. The molecule has 2 N–H and O–H groups in total. The molecule has 2 heterocycles. The van der Waals surface area contributed by atoms with E-state index in [-0.39, 0.29) is 11.7 Å². The summed E-state index contributed by atoms with van der Waals surface area (Å²) >= 11 is 1.36. The minimum atomic E-state index is -0.639. The summed E-state index contributed by atoms with van der Waals surface area (Å²) in [5.41, 5.74) is 1.44. The van der Waals surface area contributed by atoms with Gasteiger partial charge in [-0.2, -0.15) is 5.10 Å². The number of hydrogen-bond donors (Lipinski definition) is 2. The number of nitrogens with zero attached hydrogens (tertiary/aromatic N) is 3. The Kier molecular flexibility index (Phi) is 3.91. The lowest BCUT2D eigenvalue weighted by molar-refractivity contribution is -0.118. The van der Waals surface area contributed by atoms with Gasteiger partial charge in [-0.1, -0.05) is 30.3 Å². The van der Waals surface area contributed by atoms with Gasteiger partial charge >= 0.3 is 0 Å². The normalized spacial score (nSPS) is 12.2. The molecular weight excluding hydrogens is 336 g/mol. The molecule has 1 atom stereocenters. The fourth-order valence-electron chi connectivity index (χ4n) is 2.67. The van der Waals surface area contributed by atoms with E-state index >= 15 is 0 Å². The number of hydrogen-bond acceptors (Lipinski definition) is 5. The number of carbonyl (C=O) groups is 1. The Morgan fingerprint density at radius 2 is 2.04 bits per heavy atom. The Morgan fingerprint density at radius 3 is 2.80 bits per heavy atom. The van der Waals surface area contributed by atoms with E-state index in [2.05, 4.69) is 15.4 Å². The van der Waals surface area contributed by atoms with E-state index in [4.69, 9.17) is 0 Å². The largest absolute Gasteiger partial charge is 0.508 e. The van der Waals surface area contributed by atoms with Crippen LogP contribution in [0.2, 0.25) is 0 Å². The summed E-state index contributed by atoms with van der Waals surface area (Å²) in [5.74, 6) is -0.0839. The Bertz CT molecular complexity index is 1010. The molecule has 0 radical (unpaired) electrons. The molecule has 124 valence electrons. The third-order valence-electron chi connectivity index (χ3n) is 3.80. The van der Waals surface area contributed by atoms with Gasteiger partial charge in [0, 0.05) is 29.2 Å². The van der Waals surface area contributed by atoms with Gasteiger partial charge in [0.15, 0.2) is 11.2 Å². The molecule has 0 saturated carbocycles. The maximum atomic E-state index is 12.9. The first-order valence-corrected chi connectivity index (χ1v) is 8.52. The van der Waals surface area contributed by atoms with E-state index in [0.29, 0.717) is 10.6 Å². The maximum absolute atomic E-state index is 12.9. The number of fused-ring (bicyclic) bond motifs is 1. The highest BCUT2D eigenvalue weighted by atomic mass is 32.1. The molecule has 0 aliphatic rings. The van der Waals surface area contributed by atoms with E-state index in [9.17, 15) is 9.90 Å². The molecule has 4 aromatic rings. The van der Waals surface area contributed by atoms with Crippen LogP contribution in [0.5, 0.6) is 5.75 Å². The monoisotopic (exact) mass is 350 g/mol. The molecular formula is C18H14N4O2S. The summed E-state index contributed by atoms with van der Waals surface area (Å²) in [5, 5.41) is 20.1. The highest BCUT2D eigenvalue weighted by molar-refractivity contribution is 7.13. The van der Waals surface area contributed by atoms with Crippen molar-refractivity contribution in [3.05, 3.63) is 71.9 Å². The van der Waals surface area contributed by atoms with E-state index in [1.54, 1.807) is 40.7 Å². The fraction of sp³-hybridized carbons (Fsp3) is 0.0556. The van der Waals surface area contributed by atoms with Crippen LogP contribution in [-0.4, -0.2) is 25.8 Å². The average molecular weight is 350 g/mol. The first kappa shape index (κ1) is 15.3. The summed E-state index contributed by atoms with van der Waals surface area (Å²) in [6.07, 6.45) is 3.44. The lowest BCUT2D eigenvalue weighted by atomic mass is 10.1. The molecule has 0 unspecified atom stereocenters. The molecule has 1 amide bonds. The predicted molar refractivity (Wildman–Crippen MR) is 96.7 cm³/mol. The predicted octanol–water partition coefficient (Wildman–Crippen LogP) is 3.43. The van der Waals surface area contributed by atoms with Crippen LogP contribution < -0.4 is 5.32 Å². The zero-order chi connectivity index (χ0) is 17.2. The molecule has 0 aliphatic carbocycles. The van der Waals surface area contributed by atoms with Crippen molar-refractivity contribution in [3.8, 4) is 5.75 Å². The zero-order valence-corrected chi connectivity index (χ0v) is 13.9. The molecule has 0 saturated heterocycles. The number of phenolic OH excluding ortho intramolecular Hbond substituents is 1. The second-order valence-electron chi connectivity index (χ2n) is 5.49. The van der Waals surface area contributed by atoms with Gasteiger partial charge in [0.2, 0.25) is 0 Å². The summed E-state index contributed by atoms with van der Waals surface area (Å²) in [4.78, 5) is 17.0. The SMILES string of the molecule is O=C(Nc1nccs1)[C@@H](c1ccccc1)n1cc2ccc(O)cc2n1. The number of anilines is 1. The molecule has 0 fully saturated rings. The van der Waals surface area contributed by atoms with E-state index in [1.807, 2.05) is 30.3 Å². The molecule has 4 rings (SSSR count). The van der Waals surface area contributed by atoms with Gasteiger partial charge in [-0.15, -0.1) is 11.3 Å². The Labute approximate surface area is 147 Å². The van der Waals surface area contributed by atoms with Crippen LogP contribution in [0.1, 0.15) is 11.6 Å². The number of carbonyl (C=O) groups excluding carboxylic acids is 1. The molecule has 7 heteroatoms. The molecule has 2 aromatic heterocycles. The van der Waals surface area contributed by atoms with Crippen molar-refractivity contribution >= 4 is 33.3 Å². The first-order valence-electron chi connectivity index (χ1n) is 7.64. The molecule has 0 spiro atoms. The van der Waals surface area contributed by atoms with Crippen LogP contribution in [0.15, 0.2) is 66.3 Å². The standard InChI is InChI=1S/C18H14N4O2S/c23-14-7-6-13-11-22(21-15(13)10-14)16(12-4-2-1-3-5-12)17(24)20-18-19-8-9-25-18/h1-11,16,23H,(H,19,20,24)/t16-/m1/s1. The van der Waals surface area contributed by atoms with Gasteiger partial charge in [-0.05, 0) is 17.7 Å². The van der Waals surface area contributed by atoms with Crippen LogP contribution >= 0.6 is 11.3 Å². The van der Waals surface area contributed by atoms with Crippen molar-refractivity contribution in [1.82, 2.24) is 14.8 Å². The Morgan fingerprint density at radius 1 is 1.20 bits per heavy atom. The number of nitrogens with one attached hydrogen (secondary N) is 1. The fourth-order valence-corrected chi connectivity index (χ4v) is 3.21. The lowest BCUT2D eigenvalue weighted by Gasteiger charge is -2.17. The topological polar surface area (TPSA) is 80.0 Å². The number of amides is 1. The van der Waals surface area contributed by atoms with Crippen molar-refractivity contribution in [2.75, 3.05) is 5.32 Å². The summed E-state index contributed by atoms with van der Waals surface area (Å²) in [6, 6.07) is 13.7. The summed E-state index contributed by atoms with van der Waals surface area (Å²) in [7, 11) is 0. The van der Waals surface area contributed by atoms with Crippen LogP contribution in [0.4, 0.5) is 5.13 Å². The molecule has 6 nitrogen and oxygen atoms in total. The highest BCUT2D eigenvalue weighted by Gasteiger charge is 2.24. The minimum Gasteiger partial charge on any atom is -0.508 e. The average Bonchev–Trinajstić information content (AvgIpc) is 3.25. The van der Waals surface area contributed by atoms with Crippen LogP contribution in [0, 0.1) is 0 Å².